The quantitative estimate of drug-likeness (QED) is 0.770. The van der Waals surface area contributed by atoms with Crippen LogP contribution in [-0.4, -0.2) is 39.7 Å². The number of nitrogens with one attached hydrogen (secondary N) is 1. The van der Waals surface area contributed by atoms with Crippen molar-refractivity contribution in [3.05, 3.63) is 75.7 Å². The lowest BCUT2D eigenvalue weighted by Gasteiger charge is -2.37. The lowest BCUT2D eigenvalue weighted by atomic mass is 9.86. The summed E-state index contributed by atoms with van der Waals surface area (Å²) in [6.45, 7) is 5.59. The number of aromatic nitrogens is 1. The predicted molar refractivity (Wildman–Crippen MR) is 117 cm³/mol. The summed E-state index contributed by atoms with van der Waals surface area (Å²) >= 11 is 0. The molecule has 2 aliphatic heterocycles. The number of fused-ring (bicyclic) bond motifs is 4. The Hall–Kier alpha value is -2.70. The number of pyridine rings is 1. The van der Waals surface area contributed by atoms with E-state index in [1.807, 2.05) is 66.1 Å². The zero-order valence-corrected chi connectivity index (χ0v) is 17.5. The number of aliphatic hydroxyl groups is 1. The first-order chi connectivity index (χ1) is 14.6. The van der Waals surface area contributed by atoms with Gasteiger partial charge in [-0.2, -0.15) is 0 Å². The minimum atomic E-state index is -0.399. The molecule has 4 atom stereocenters. The lowest BCUT2D eigenvalue weighted by Crippen LogP contribution is -2.46. The number of rotatable bonds is 6. The first-order valence-corrected chi connectivity index (χ1v) is 10.6. The molecule has 1 amide bonds. The van der Waals surface area contributed by atoms with E-state index in [0.717, 1.165) is 17.8 Å². The van der Waals surface area contributed by atoms with Gasteiger partial charge in [-0.3, -0.25) is 14.5 Å². The Morgan fingerprint density at radius 2 is 2.00 bits per heavy atom. The van der Waals surface area contributed by atoms with Gasteiger partial charge in [0.05, 0.1) is 12.0 Å². The van der Waals surface area contributed by atoms with E-state index >= 15 is 0 Å². The van der Waals surface area contributed by atoms with Crippen LogP contribution in [0.3, 0.4) is 0 Å². The molecule has 30 heavy (non-hydrogen) atoms. The maximum Gasteiger partial charge on any atom is 0.258 e. The van der Waals surface area contributed by atoms with Crippen LogP contribution in [0.15, 0.2) is 53.3 Å². The molecule has 1 aromatic heterocycles. The summed E-state index contributed by atoms with van der Waals surface area (Å²) in [4.78, 5) is 28.6. The largest absolute Gasteiger partial charge is 0.396 e. The van der Waals surface area contributed by atoms with Crippen molar-refractivity contribution in [1.29, 1.82) is 0 Å². The molecule has 0 saturated carbocycles. The summed E-state index contributed by atoms with van der Waals surface area (Å²) < 4.78 is 1.81. The van der Waals surface area contributed by atoms with Gasteiger partial charge in [0.2, 0.25) is 5.91 Å². The third kappa shape index (κ3) is 3.40. The number of carbonyl (C=O) groups is 1. The van der Waals surface area contributed by atoms with Crippen LogP contribution >= 0.6 is 0 Å². The van der Waals surface area contributed by atoms with E-state index in [4.69, 9.17) is 0 Å². The van der Waals surface area contributed by atoms with Crippen molar-refractivity contribution in [2.45, 2.75) is 39.0 Å². The molecule has 1 fully saturated rings. The van der Waals surface area contributed by atoms with Crippen molar-refractivity contribution in [1.82, 2.24) is 14.8 Å². The topological polar surface area (TPSA) is 74.6 Å². The molecule has 2 aliphatic rings. The van der Waals surface area contributed by atoms with Crippen molar-refractivity contribution >= 4 is 12.0 Å². The molecule has 0 radical (unpaired) electrons. The third-order valence-corrected chi connectivity index (χ3v) is 6.52. The molecule has 2 aromatic rings. The van der Waals surface area contributed by atoms with E-state index in [2.05, 4.69) is 17.1 Å². The average molecular weight is 408 g/mol. The van der Waals surface area contributed by atoms with Gasteiger partial charge < -0.3 is 15.0 Å². The second-order valence-electron chi connectivity index (χ2n) is 8.05. The molecule has 3 heterocycles. The zero-order chi connectivity index (χ0) is 21.3. The van der Waals surface area contributed by atoms with Crippen LogP contribution in [0.5, 0.6) is 0 Å². The van der Waals surface area contributed by atoms with Crippen LogP contribution in [0.25, 0.3) is 6.08 Å². The summed E-state index contributed by atoms with van der Waals surface area (Å²) in [6.07, 6.45) is 3.67. The first-order valence-electron chi connectivity index (χ1n) is 10.6. The van der Waals surface area contributed by atoms with Crippen molar-refractivity contribution in [3.8, 4) is 0 Å². The van der Waals surface area contributed by atoms with Gasteiger partial charge in [0.15, 0.2) is 0 Å². The highest BCUT2D eigenvalue weighted by atomic mass is 16.3. The van der Waals surface area contributed by atoms with Gasteiger partial charge in [-0.25, -0.2) is 0 Å². The summed E-state index contributed by atoms with van der Waals surface area (Å²) in [5, 5.41) is 13.3. The van der Waals surface area contributed by atoms with Gasteiger partial charge >= 0.3 is 0 Å². The number of benzene rings is 1. The highest BCUT2D eigenvalue weighted by Gasteiger charge is 2.55. The van der Waals surface area contributed by atoms with E-state index in [-0.39, 0.29) is 36.1 Å². The fourth-order valence-electron chi connectivity index (χ4n) is 5.18. The maximum absolute atomic E-state index is 13.3. The van der Waals surface area contributed by atoms with Crippen LogP contribution in [0, 0.1) is 11.8 Å². The monoisotopic (exact) mass is 407 g/mol. The summed E-state index contributed by atoms with van der Waals surface area (Å²) in [7, 11) is 0. The fraction of sp³-hybridized carbons (Fsp3) is 0.417. The summed E-state index contributed by atoms with van der Waals surface area (Å²) in [5.74, 6) is -0.679. The van der Waals surface area contributed by atoms with Gasteiger partial charge in [0.1, 0.15) is 0 Å². The van der Waals surface area contributed by atoms with Crippen molar-refractivity contribution in [2.75, 3.05) is 13.2 Å². The minimum Gasteiger partial charge on any atom is -0.396 e. The van der Waals surface area contributed by atoms with Crippen LogP contribution in [0.4, 0.5) is 0 Å². The highest BCUT2D eigenvalue weighted by molar-refractivity contribution is 5.80. The molecule has 1 aromatic carbocycles. The second kappa shape index (κ2) is 8.58. The van der Waals surface area contributed by atoms with Gasteiger partial charge in [-0.15, -0.1) is 0 Å². The molecule has 158 valence electrons. The first kappa shape index (κ1) is 20.6. The molecule has 6 nitrogen and oxygen atoms in total. The van der Waals surface area contributed by atoms with Gasteiger partial charge in [0.25, 0.3) is 5.56 Å². The van der Waals surface area contributed by atoms with Gasteiger partial charge in [-0.1, -0.05) is 49.4 Å². The number of aliphatic hydroxyl groups excluding tert-OH is 1. The van der Waals surface area contributed by atoms with Gasteiger partial charge in [0, 0.05) is 42.9 Å². The van der Waals surface area contributed by atoms with Crippen LogP contribution in [0.1, 0.15) is 36.7 Å². The van der Waals surface area contributed by atoms with E-state index in [0.29, 0.717) is 18.7 Å². The third-order valence-electron chi connectivity index (χ3n) is 6.52. The molecular weight excluding hydrogens is 378 g/mol. The molecule has 2 bridgehead atoms. The van der Waals surface area contributed by atoms with Crippen molar-refractivity contribution < 1.29 is 9.90 Å². The molecule has 0 unspecified atom stereocenters. The van der Waals surface area contributed by atoms with Crippen LogP contribution in [-0.2, 0) is 17.9 Å². The zero-order valence-electron chi connectivity index (χ0n) is 17.5. The second-order valence-corrected chi connectivity index (χ2v) is 8.05. The van der Waals surface area contributed by atoms with Crippen LogP contribution < -0.4 is 10.9 Å². The van der Waals surface area contributed by atoms with Crippen molar-refractivity contribution in [2.24, 2.45) is 11.8 Å². The Labute approximate surface area is 176 Å². The minimum absolute atomic E-state index is 0.0293. The van der Waals surface area contributed by atoms with Crippen molar-refractivity contribution in [3.63, 3.8) is 0 Å². The predicted octanol–water partition coefficient (Wildman–Crippen LogP) is 2.18. The standard InChI is InChI=1S/C24H29N3O3/c1-3-8-17-11-12-19-22-21(23(29)25-13-16-9-6-5-7-10-16)18(15-28)20(26(22)4-2)14-27(19)24(17)30/h3,5-12,18,20-22,28H,4,13-15H2,1-2H3,(H,25,29)/b8-3-/t18-,20-,21+,22+/m0/s1. The molecule has 6 heteroatoms. The number of hydrogen-bond acceptors (Lipinski definition) is 4. The van der Waals surface area contributed by atoms with Gasteiger partial charge in [-0.05, 0) is 31.2 Å². The number of likely N-dealkylation sites (N-methyl/N-ethyl adjacent to an activating group) is 1. The Kier molecular flexibility index (Phi) is 5.88. The number of amides is 1. The summed E-state index contributed by atoms with van der Waals surface area (Å²) in [6, 6.07) is 13.4. The molecular formula is C24H29N3O3. The molecule has 4 rings (SSSR count). The maximum atomic E-state index is 13.3. The smallest absolute Gasteiger partial charge is 0.258 e. The highest BCUT2D eigenvalue weighted by Crippen LogP contribution is 2.48. The van der Waals surface area contributed by atoms with E-state index in [1.54, 1.807) is 0 Å². The van der Waals surface area contributed by atoms with E-state index in [9.17, 15) is 14.7 Å². The summed E-state index contributed by atoms with van der Waals surface area (Å²) in [5.41, 5.74) is 2.52. The Morgan fingerprint density at radius 3 is 2.67 bits per heavy atom. The number of nitrogens with zero attached hydrogens (tertiary/aromatic N) is 2. The molecule has 0 aliphatic carbocycles. The number of allylic oxidation sites excluding steroid dienone is 1. The van der Waals surface area contributed by atoms with Crippen LogP contribution in [0.2, 0.25) is 0 Å². The Morgan fingerprint density at radius 1 is 1.23 bits per heavy atom. The Balaban J connectivity index is 1.69. The van der Waals surface area contributed by atoms with E-state index in [1.165, 1.54) is 0 Å². The number of hydrogen-bond donors (Lipinski definition) is 2. The molecule has 1 saturated heterocycles. The fourth-order valence-corrected chi connectivity index (χ4v) is 5.18. The number of carbonyl (C=O) groups excluding carboxylic acids is 1. The molecule has 2 N–H and O–H groups in total. The Bertz CT molecular complexity index is 999. The normalized spacial score (nSPS) is 25.4. The molecule has 0 spiro atoms. The average Bonchev–Trinajstić information content (AvgIpc) is 3.00. The lowest BCUT2D eigenvalue weighted by molar-refractivity contribution is -0.127. The SMILES string of the molecule is C/C=C\c1ccc2n(c1=O)C[C@H]1[C@H](CO)[C@@H](C(=O)NCc3ccccc3)[C@@H]2N1CC. The van der Waals surface area contributed by atoms with E-state index < -0.39 is 5.92 Å².